The van der Waals surface area contributed by atoms with Crippen molar-refractivity contribution in [2.75, 3.05) is 11.4 Å². The summed E-state index contributed by atoms with van der Waals surface area (Å²) in [6.45, 7) is 0.822. The molecule has 2 aromatic carbocycles. The van der Waals surface area contributed by atoms with Gasteiger partial charge in [-0.2, -0.15) is 5.10 Å². The van der Waals surface area contributed by atoms with Gasteiger partial charge in [-0.3, -0.25) is 9.59 Å². The number of carbonyl (C=O) groups excluding carboxylic acids is 1. The van der Waals surface area contributed by atoms with Gasteiger partial charge in [0.05, 0.1) is 11.1 Å². The Balaban J connectivity index is 1.09. The van der Waals surface area contributed by atoms with Gasteiger partial charge in [0, 0.05) is 30.0 Å². The average molecular weight is 399 g/mol. The van der Waals surface area contributed by atoms with Gasteiger partial charge in [-0.1, -0.05) is 36.4 Å². The highest BCUT2D eigenvalue weighted by molar-refractivity contribution is 5.95. The van der Waals surface area contributed by atoms with E-state index < -0.39 is 0 Å². The van der Waals surface area contributed by atoms with E-state index in [2.05, 4.69) is 28.4 Å². The summed E-state index contributed by atoms with van der Waals surface area (Å²) in [5, 5.41) is 8.78. The molecule has 5 heteroatoms. The normalized spacial score (nSPS) is 27.0. The quantitative estimate of drug-likeness (QED) is 0.719. The maximum atomic E-state index is 12.9. The molecule has 2 aliphatic carbocycles. The molecule has 0 bridgehead atoms. The molecule has 2 heterocycles. The summed E-state index contributed by atoms with van der Waals surface area (Å²) < 4.78 is 0. The van der Waals surface area contributed by atoms with Crippen LogP contribution in [0.1, 0.15) is 49.3 Å². The van der Waals surface area contributed by atoms with Crippen molar-refractivity contribution in [2.45, 2.75) is 44.4 Å². The summed E-state index contributed by atoms with van der Waals surface area (Å²) in [5.41, 5.74) is 3.70. The van der Waals surface area contributed by atoms with Gasteiger partial charge in [0.15, 0.2) is 0 Å². The first kappa shape index (κ1) is 17.9. The summed E-state index contributed by atoms with van der Waals surface area (Å²) in [4.78, 5) is 26.9. The lowest BCUT2D eigenvalue weighted by Gasteiger charge is -2.58. The van der Waals surface area contributed by atoms with Crippen molar-refractivity contribution in [3.63, 3.8) is 0 Å². The second kappa shape index (κ2) is 6.53. The maximum absolute atomic E-state index is 12.9. The highest BCUT2D eigenvalue weighted by Gasteiger charge is 2.54. The standard InChI is InChI=1S/C25H25N3O2/c29-22(28-10-9-17-5-1-4-8-21(17)28)11-16-12-25(13-16)14-18(15-25)23-19-6-2-3-7-20(19)24(30)27-26-23/h1-8,16,18H,9-15H2,(H,27,30). The Hall–Kier alpha value is -2.95. The number of aromatic nitrogens is 2. The molecule has 0 unspecified atom stereocenters. The van der Waals surface area contributed by atoms with Gasteiger partial charge in [0.25, 0.3) is 5.56 Å². The predicted octanol–water partition coefficient (Wildman–Crippen LogP) is 4.18. The number of amides is 1. The van der Waals surface area contributed by atoms with Crippen LogP contribution in [0.15, 0.2) is 53.3 Å². The molecule has 3 aliphatic rings. The van der Waals surface area contributed by atoms with Crippen LogP contribution in [0.3, 0.4) is 0 Å². The Morgan fingerprint density at radius 1 is 1.03 bits per heavy atom. The summed E-state index contributed by atoms with van der Waals surface area (Å²) in [6.07, 6.45) is 6.16. The first-order chi connectivity index (χ1) is 14.6. The Bertz CT molecular complexity index is 1200. The van der Waals surface area contributed by atoms with E-state index in [4.69, 9.17) is 0 Å². The van der Waals surface area contributed by atoms with Crippen LogP contribution in [0, 0.1) is 11.3 Å². The van der Waals surface area contributed by atoms with Crippen molar-refractivity contribution in [2.24, 2.45) is 11.3 Å². The summed E-state index contributed by atoms with van der Waals surface area (Å²) in [7, 11) is 0. The summed E-state index contributed by atoms with van der Waals surface area (Å²) >= 11 is 0. The van der Waals surface area contributed by atoms with Crippen LogP contribution < -0.4 is 10.5 Å². The highest BCUT2D eigenvalue weighted by Crippen LogP contribution is 2.64. The Labute approximate surface area is 175 Å². The van der Waals surface area contributed by atoms with Crippen molar-refractivity contribution in [1.82, 2.24) is 10.2 Å². The number of aromatic amines is 1. The molecule has 2 fully saturated rings. The molecular weight excluding hydrogens is 374 g/mol. The minimum absolute atomic E-state index is 0.117. The van der Waals surface area contributed by atoms with Crippen LogP contribution >= 0.6 is 0 Å². The SMILES string of the molecule is O=C(CC1CC2(C1)CC(c1n[nH]c(=O)c3ccccc13)C2)N1CCc2ccccc21. The number of benzene rings is 2. The zero-order valence-electron chi connectivity index (χ0n) is 16.9. The molecule has 152 valence electrons. The molecule has 0 saturated heterocycles. The smallest absolute Gasteiger partial charge is 0.272 e. The number of para-hydroxylation sites is 1. The van der Waals surface area contributed by atoms with Crippen molar-refractivity contribution < 1.29 is 4.79 Å². The lowest BCUT2D eigenvalue weighted by atomic mass is 9.47. The third-order valence-electron chi connectivity index (χ3n) is 7.57. The van der Waals surface area contributed by atoms with E-state index >= 15 is 0 Å². The molecule has 30 heavy (non-hydrogen) atoms. The highest BCUT2D eigenvalue weighted by atomic mass is 16.2. The van der Waals surface area contributed by atoms with Gasteiger partial charge in [0.1, 0.15) is 0 Å². The molecule has 5 nitrogen and oxygen atoms in total. The molecule has 2 saturated carbocycles. The fourth-order valence-electron chi connectivity index (χ4n) is 6.22. The Morgan fingerprint density at radius 2 is 1.77 bits per heavy atom. The summed E-state index contributed by atoms with van der Waals surface area (Å²) in [6, 6.07) is 16.0. The van der Waals surface area contributed by atoms with Crippen LogP contribution in [0.5, 0.6) is 0 Å². The van der Waals surface area contributed by atoms with E-state index in [0.717, 1.165) is 60.8 Å². The van der Waals surface area contributed by atoms with E-state index in [1.54, 1.807) is 0 Å². The number of anilines is 1. The molecule has 1 amide bonds. The zero-order chi connectivity index (χ0) is 20.3. The van der Waals surface area contributed by atoms with Crippen LogP contribution in [0.25, 0.3) is 10.8 Å². The fourth-order valence-corrected chi connectivity index (χ4v) is 6.22. The number of hydrogen-bond acceptors (Lipinski definition) is 3. The van der Waals surface area contributed by atoms with Crippen LogP contribution in [-0.2, 0) is 11.2 Å². The Morgan fingerprint density at radius 3 is 2.60 bits per heavy atom. The predicted molar refractivity (Wildman–Crippen MR) is 117 cm³/mol. The van der Waals surface area contributed by atoms with Crippen LogP contribution in [-0.4, -0.2) is 22.6 Å². The van der Waals surface area contributed by atoms with E-state index in [1.165, 1.54) is 5.56 Å². The molecule has 1 aliphatic heterocycles. The molecular formula is C25H25N3O2. The fraction of sp³-hybridized carbons (Fsp3) is 0.400. The summed E-state index contributed by atoms with van der Waals surface area (Å²) in [5.74, 6) is 1.20. The second-order valence-corrected chi connectivity index (χ2v) is 9.49. The molecule has 6 rings (SSSR count). The molecule has 1 aromatic heterocycles. The number of fused-ring (bicyclic) bond motifs is 2. The van der Waals surface area contributed by atoms with E-state index in [9.17, 15) is 9.59 Å². The molecule has 3 aromatic rings. The number of H-pyrrole nitrogens is 1. The van der Waals surface area contributed by atoms with Crippen LogP contribution in [0.2, 0.25) is 0 Å². The number of carbonyl (C=O) groups is 1. The van der Waals surface area contributed by atoms with Gasteiger partial charge in [0.2, 0.25) is 5.91 Å². The average Bonchev–Trinajstić information content (AvgIpc) is 3.14. The molecule has 0 radical (unpaired) electrons. The lowest BCUT2D eigenvalue weighted by Crippen LogP contribution is -2.48. The third-order valence-corrected chi connectivity index (χ3v) is 7.57. The minimum atomic E-state index is -0.117. The number of hydrogen-bond donors (Lipinski definition) is 1. The van der Waals surface area contributed by atoms with E-state index in [-0.39, 0.29) is 11.5 Å². The van der Waals surface area contributed by atoms with Gasteiger partial charge >= 0.3 is 0 Å². The first-order valence-electron chi connectivity index (χ1n) is 11.0. The van der Waals surface area contributed by atoms with Crippen LogP contribution in [0.4, 0.5) is 5.69 Å². The molecule has 1 spiro atoms. The van der Waals surface area contributed by atoms with Crippen molar-refractivity contribution in [3.8, 4) is 0 Å². The van der Waals surface area contributed by atoms with Gasteiger partial charge in [-0.05, 0) is 61.1 Å². The minimum Gasteiger partial charge on any atom is -0.312 e. The number of rotatable bonds is 3. The first-order valence-corrected chi connectivity index (χ1v) is 11.0. The molecule has 1 N–H and O–H groups in total. The largest absolute Gasteiger partial charge is 0.312 e. The van der Waals surface area contributed by atoms with Gasteiger partial charge < -0.3 is 4.90 Å². The van der Waals surface area contributed by atoms with Crippen molar-refractivity contribution in [1.29, 1.82) is 0 Å². The second-order valence-electron chi connectivity index (χ2n) is 9.49. The lowest BCUT2D eigenvalue weighted by molar-refractivity contribution is -0.123. The number of nitrogens with zero attached hydrogens (tertiary/aromatic N) is 2. The zero-order valence-corrected chi connectivity index (χ0v) is 16.9. The Kier molecular flexibility index (Phi) is 3.89. The van der Waals surface area contributed by atoms with Gasteiger partial charge in [-0.25, -0.2) is 5.10 Å². The monoisotopic (exact) mass is 399 g/mol. The number of nitrogens with one attached hydrogen (secondary N) is 1. The third kappa shape index (κ3) is 2.72. The maximum Gasteiger partial charge on any atom is 0.272 e. The van der Waals surface area contributed by atoms with Gasteiger partial charge in [-0.15, -0.1) is 0 Å². The van der Waals surface area contributed by atoms with E-state index in [0.29, 0.717) is 23.7 Å². The van der Waals surface area contributed by atoms with E-state index in [1.807, 2.05) is 35.2 Å². The van der Waals surface area contributed by atoms with Crippen molar-refractivity contribution >= 4 is 22.4 Å². The molecule has 0 atom stereocenters. The van der Waals surface area contributed by atoms with Crippen molar-refractivity contribution in [3.05, 3.63) is 70.1 Å². The topological polar surface area (TPSA) is 66.1 Å².